The number of pyridine rings is 1. The van der Waals surface area contributed by atoms with Crippen LogP contribution in [-0.4, -0.2) is 10.1 Å². The Bertz CT molecular complexity index is 581. The number of alkyl halides is 3. The Hall–Kier alpha value is -1.11. The maximum atomic E-state index is 12.5. The zero-order valence-corrected chi connectivity index (χ0v) is 11.3. The van der Waals surface area contributed by atoms with E-state index in [-0.39, 0.29) is 10.7 Å². The minimum atomic E-state index is -4.56. The molecule has 0 bridgehead atoms. The minimum absolute atomic E-state index is 0.143. The van der Waals surface area contributed by atoms with E-state index < -0.39 is 17.5 Å². The van der Waals surface area contributed by atoms with E-state index in [2.05, 4.69) is 4.98 Å². The van der Waals surface area contributed by atoms with Gasteiger partial charge in [-0.2, -0.15) is 13.2 Å². The molecule has 0 aliphatic rings. The van der Waals surface area contributed by atoms with Crippen LogP contribution in [0.5, 0.6) is 0 Å². The van der Waals surface area contributed by atoms with Gasteiger partial charge in [-0.25, -0.2) is 4.98 Å². The van der Waals surface area contributed by atoms with Crippen molar-refractivity contribution in [1.29, 1.82) is 0 Å². The van der Waals surface area contributed by atoms with Crippen molar-refractivity contribution in [2.75, 3.05) is 0 Å². The van der Waals surface area contributed by atoms with Crippen LogP contribution in [0.1, 0.15) is 23.1 Å². The van der Waals surface area contributed by atoms with Crippen LogP contribution in [0.3, 0.4) is 0 Å². The molecule has 2 rings (SSSR count). The molecule has 0 fully saturated rings. The molecule has 2 nitrogen and oxygen atoms in total. The molecule has 0 saturated carbocycles. The number of halogens is 4. The molecule has 2 aromatic rings. The summed E-state index contributed by atoms with van der Waals surface area (Å²) in [6, 6.07) is 5.37. The molecule has 2 aromatic heterocycles. The second-order valence-electron chi connectivity index (χ2n) is 4.08. The van der Waals surface area contributed by atoms with Crippen molar-refractivity contribution in [2.45, 2.75) is 18.7 Å². The lowest BCUT2D eigenvalue weighted by Crippen LogP contribution is -2.23. The van der Waals surface area contributed by atoms with Gasteiger partial charge in [-0.3, -0.25) is 0 Å². The molecule has 0 aliphatic heterocycles. The van der Waals surface area contributed by atoms with Crippen LogP contribution in [0.4, 0.5) is 13.2 Å². The first-order chi connectivity index (χ1) is 8.73. The van der Waals surface area contributed by atoms with Gasteiger partial charge >= 0.3 is 6.18 Å². The third kappa shape index (κ3) is 2.75. The Balaban J connectivity index is 2.47. The minimum Gasteiger partial charge on any atom is -0.380 e. The quantitative estimate of drug-likeness (QED) is 0.848. The second kappa shape index (κ2) is 4.77. The molecule has 102 valence electrons. The Morgan fingerprint density at radius 2 is 1.95 bits per heavy atom. The van der Waals surface area contributed by atoms with Crippen LogP contribution in [0.25, 0.3) is 0 Å². The van der Waals surface area contributed by atoms with Crippen molar-refractivity contribution in [3.63, 3.8) is 0 Å². The van der Waals surface area contributed by atoms with E-state index in [1.54, 1.807) is 17.5 Å². The first-order valence-electron chi connectivity index (χ1n) is 5.23. The molecular formula is C12H9ClF3NOS. The van der Waals surface area contributed by atoms with Crippen LogP contribution in [-0.2, 0) is 11.8 Å². The molecule has 2 heterocycles. The van der Waals surface area contributed by atoms with Gasteiger partial charge in [0.1, 0.15) is 16.4 Å². The normalized spacial score (nSPS) is 15.3. The van der Waals surface area contributed by atoms with Crippen LogP contribution in [0.15, 0.2) is 29.6 Å². The van der Waals surface area contributed by atoms with Crippen LogP contribution >= 0.6 is 22.9 Å². The maximum absolute atomic E-state index is 12.5. The van der Waals surface area contributed by atoms with Gasteiger partial charge in [0.25, 0.3) is 0 Å². The molecule has 0 aromatic carbocycles. The lowest BCUT2D eigenvalue weighted by Gasteiger charge is -2.23. The number of hydrogen-bond acceptors (Lipinski definition) is 3. The number of aliphatic hydroxyl groups is 1. The van der Waals surface area contributed by atoms with E-state index in [0.717, 1.165) is 12.1 Å². The van der Waals surface area contributed by atoms with Crippen molar-refractivity contribution in [3.8, 4) is 0 Å². The van der Waals surface area contributed by atoms with E-state index in [1.165, 1.54) is 18.3 Å². The molecular weight excluding hydrogens is 299 g/mol. The SMILES string of the molecule is CC(O)(c1cccs1)c1ccc(C(F)(F)F)nc1Cl. The Morgan fingerprint density at radius 1 is 1.26 bits per heavy atom. The summed E-state index contributed by atoms with van der Waals surface area (Å²) in [4.78, 5) is 3.89. The summed E-state index contributed by atoms with van der Waals surface area (Å²) in [7, 11) is 0. The highest BCUT2D eigenvalue weighted by Gasteiger charge is 2.35. The van der Waals surface area contributed by atoms with Crippen molar-refractivity contribution >= 4 is 22.9 Å². The predicted molar refractivity (Wildman–Crippen MR) is 67.2 cm³/mol. The van der Waals surface area contributed by atoms with E-state index >= 15 is 0 Å². The summed E-state index contributed by atoms with van der Waals surface area (Å²) in [6.45, 7) is 1.47. The zero-order valence-electron chi connectivity index (χ0n) is 9.70. The summed E-state index contributed by atoms with van der Waals surface area (Å²) in [6.07, 6.45) is -4.56. The van der Waals surface area contributed by atoms with Crippen LogP contribution in [0.2, 0.25) is 5.15 Å². The number of nitrogens with zero attached hydrogens (tertiary/aromatic N) is 1. The van der Waals surface area contributed by atoms with Gasteiger partial charge in [-0.1, -0.05) is 23.7 Å². The van der Waals surface area contributed by atoms with E-state index in [9.17, 15) is 18.3 Å². The highest BCUT2D eigenvalue weighted by Crippen LogP contribution is 2.37. The molecule has 0 radical (unpaired) electrons. The predicted octanol–water partition coefficient (Wildman–Crippen LogP) is 4.07. The largest absolute Gasteiger partial charge is 0.433 e. The van der Waals surface area contributed by atoms with Crippen molar-refractivity contribution in [3.05, 3.63) is 50.9 Å². The molecule has 1 N–H and O–H groups in total. The molecule has 0 amide bonds. The lowest BCUT2D eigenvalue weighted by molar-refractivity contribution is -0.141. The summed E-state index contributed by atoms with van der Waals surface area (Å²) < 4.78 is 37.5. The zero-order chi connectivity index (χ0) is 14.3. The fraction of sp³-hybridized carbons (Fsp3) is 0.250. The number of rotatable bonds is 2. The first kappa shape index (κ1) is 14.3. The average molecular weight is 308 g/mol. The Kier molecular flexibility index (Phi) is 3.59. The summed E-state index contributed by atoms with van der Waals surface area (Å²) in [5.74, 6) is 0. The van der Waals surface area contributed by atoms with E-state index in [4.69, 9.17) is 11.6 Å². The summed E-state index contributed by atoms with van der Waals surface area (Å²) in [5.41, 5.74) is -2.41. The summed E-state index contributed by atoms with van der Waals surface area (Å²) in [5, 5.41) is 11.8. The van der Waals surface area contributed by atoms with Gasteiger partial charge in [0.2, 0.25) is 0 Å². The van der Waals surface area contributed by atoms with Gasteiger partial charge in [0, 0.05) is 10.4 Å². The van der Waals surface area contributed by atoms with E-state index in [0.29, 0.717) is 4.88 Å². The molecule has 0 saturated heterocycles. The van der Waals surface area contributed by atoms with Crippen molar-refractivity contribution in [1.82, 2.24) is 4.98 Å². The summed E-state index contributed by atoms with van der Waals surface area (Å²) >= 11 is 7.05. The molecule has 1 unspecified atom stereocenters. The highest BCUT2D eigenvalue weighted by atomic mass is 35.5. The Labute approximate surface area is 116 Å². The van der Waals surface area contributed by atoms with Gasteiger partial charge in [0.05, 0.1) is 0 Å². The third-order valence-corrected chi connectivity index (χ3v) is 4.03. The molecule has 19 heavy (non-hydrogen) atoms. The maximum Gasteiger partial charge on any atom is 0.433 e. The molecule has 0 spiro atoms. The molecule has 7 heteroatoms. The monoisotopic (exact) mass is 307 g/mol. The number of aromatic nitrogens is 1. The van der Waals surface area contributed by atoms with E-state index in [1.807, 2.05) is 0 Å². The Morgan fingerprint density at radius 3 is 2.42 bits per heavy atom. The number of thiophene rings is 1. The van der Waals surface area contributed by atoms with Gasteiger partial charge in [-0.15, -0.1) is 11.3 Å². The third-order valence-electron chi connectivity index (χ3n) is 2.66. The van der Waals surface area contributed by atoms with Crippen molar-refractivity contribution < 1.29 is 18.3 Å². The fourth-order valence-corrected chi connectivity index (χ4v) is 2.78. The van der Waals surface area contributed by atoms with Gasteiger partial charge < -0.3 is 5.11 Å². The smallest absolute Gasteiger partial charge is 0.380 e. The van der Waals surface area contributed by atoms with Gasteiger partial charge in [-0.05, 0) is 24.4 Å². The fourth-order valence-electron chi connectivity index (χ4n) is 1.64. The second-order valence-corrected chi connectivity index (χ2v) is 5.39. The topological polar surface area (TPSA) is 33.1 Å². The standard InChI is InChI=1S/C12H9ClF3NOS/c1-11(18,9-3-2-6-19-9)7-4-5-8(12(14,15)16)17-10(7)13/h2-6,18H,1H3. The van der Waals surface area contributed by atoms with Crippen LogP contribution in [0, 0.1) is 0 Å². The van der Waals surface area contributed by atoms with Crippen molar-refractivity contribution in [2.24, 2.45) is 0 Å². The number of hydrogen-bond donors (Lipinski definition) is 1. The molecule has 1 atom stereocenters. The lowest BCUT2D eigenvalue weighted by atomic mass is 9.95. The highest BCUT2D eigenvalue weighted by molar-refractivity contribution is 7.10. The van der Waals surface area contributed by atoms with Gasteiger partial charge in [0.15, 0.2) is 0 Å². The molecule has 0 aliphatic carbocycles. The van der Waals surface area contributed by atoms with Crippen LogP contribution < -0.4 is 0 Å². The first-order valence-corrected chi connectivity index (χ1v) is 6.49. The average Bonchev–Trinajstić information content (AvgIpc) is 2.81.